The molecule has 1 aromatic carbocycles. The molecule has 0 spiro atoms. The second kappa shape index (κ2) is 15.3. The highest BCUT2D eigenvalue weighted by molar-refractivity contribution is 7.92. The molecule has 2 aromatic heterocycles. The number of benzene rings is 1. The Morgan fingerprint density at radius 3 is 2.74 bits per heavy atom. The lowest BCUT2D eigenvalue weighted by Crippen LogP contribution is -2.22. The molecule has 2 heterocycles. The average Bonchev–Trinajstić information content (AvgIpc) is 3.23. The first-order valence-corrected chi connectivity index (χ1v) is 13.2. The minimum Gasteiger partial charge on any atom is -0.340 e. The lowest BCUT2D eigenvalue weighted by Gasteiger charge is -2.18. The molecule has 0 saturated carbocycles. The quantitative estimate of drug-likeness (QED) is 0.0879. The Morgan fingerprint density at radius 1 is 1.32 bits per heavy atom. The fourth-order valence-electron chi connectivity index (χ4n) is 3.19. The van der Waals surface area contributed by atoms with Crippen molar-refractivity contribution in [2.45, 2.75) is 32.5 Å². The molecule has 3 N–H and O–H groups in total. The predicted molar refractivity (Wildman–Crippen MR) is 140 cm³/mol. The maximum Gasteiger partial charge on any atom is 0.208 e. The van der Waals surface area contributed by atoms with Crippen molar-refractivity contribution in [3.05, 3.63) is 74.8 Å². The van der Waals surface area contributed by atoms with Gasteiger partial charge in [0.2, 0.25) is 5.78 Å². The largest absolute Gasteiger partial charge is 0.340 e. The van der Waals surface area contributed by atoms with Gasteiger partial charge in [-0.2, -0.15) is 0 Å². The molecular formula is C23H27Cl2FN4O2S2. The Kier molecular flexibility index (Phi) is 12.8. The minimum absolute atomic E-state index is 0.0220. The number of nitrogens with two attached hydrogens (primary N) is 1. The van der Waals surface area contributed by atoms with Crippen LogP contribution in [0, 0.1) is 5.92 Å². The number of halogens is 3. The fourth-order valence-corrected chi connectivity index (χ4v) is 4.69. The normalized spacial score (nSPS) is 12.4. The van der Waals surface area contributed by atoms with Crippen LogP contribution in [0.15, 0.2) is 48.9 Å². The molecule has 6 nitrogen and oxygen atoms in total. The predicted octanol–water partition coefficient (Wildman–Crippen LogP) is 6.53. The Morgan fingerprint density at radius 2 is 2.06 bits per heavy atom. The second-order valence-corrected chi connectivity index (χ2v) is 9.27. The first kappa shape index (κ1) is 28.5. The van der Waals surface area contributed by atoms with Crippen LogP contribution in [0.3, 0.4) is 0 Å². The summed E-state index contributed by atoms with van der Waals surface area (Å²) < 4.78 is 20.4. The summed E-state index contributed by atoms with van der Waals surface area (Å²) in [6.07, 6.45) is 4.28. The van der Waals surface area contributed by atoms with Gasteiger partial charge in [0.25, 0.3) is 0 Å². The van der Waals surface area contributed by atoms with E-state index in [0.717, 1.165) is 29.8 Å². The zero-order chi connectivity index (χ0) is 24.9. The van der Waals surface area contributed by atoms with Crippen LogP contribution < -0.4 is 10.5 Å². The Labute approximate surface area is 217 Å². The summed E-state index contributed by atoms with van der Waals surface area (Å²) in [4.78, 5) is 21.7. The Hall–Kier alpha value is -1.75. The van der Waals surface area contributed by atoms with E-state index in [9.17, 15) is 9.18 Å². The van der Waals surface area contributed by atoms with Gasteiger partial charge in [0.1, 0.15) is 12.1 Å². The number of aromatic nitrogens is 2. The number of rotatable bonds is 12. The van der Waals surface area contributed by atoms with Crippen molar-refractivity contribution in [2.24, 2.45) is 11.1 Å². The van der Waals surface area contributed by atoms with Gasteiger partial charge in [0.15, 0.2) is 6.30 Å². The van der Waals surface area contributed by atoms with E-state index in [0.29, 0.717) is 22.2 Å². The number of hydrogen-bond donors (Lipinski definition) is 2. The van der Waals surface area contributed by atoms with E-state index in [1.807, 2.05) is 37.3 Å². The molecular weight excluding hydrogens is 518 g/mol. The first-order chi connectivity index (χ1) is 16.5. The Balaban J connectivity index is 0.00000199. The van der Waals surface area contributed by atoms with Gasteiger partial charge in [-0.1, -0.05) is 55.3 Å². The molecule has 0 fully saturated rings. The summed E-state index contributed by atoms with van der Waals surface area (Å²) in [5.41, 5.74) is 2.16. The topological polar surface area (TPSA) is 90.1 Å². The third-order valence-corrected chi connectivity index (χ3v) is 6.67. The highest BCUT2D eigenvalue weighted by atomic mass is 35.5. The molecule has 0 bridgehead atoms. The zero-order valence-electron chi connectivity index (χ0n) is 18.8. The number of thiophene rings is 1. The number of carbonyl (C=O) groups is 1. The number of carbonyl (C=O) groups excluding carboxylic acids is 1. The van der Waals surface area contributed by atoms with Crippen LogP contribution in [0.1, 0.15) is 46.1 Å². The van der Waals surface area contributed by atoms with Gasteiger partial charge in [0, 0.05) is 19.0 Å². The average molecular weight is 546 g/mol. The van der Waals surface area contributed by atoms with Gasteiger partial charge < -0.3 is 9.50 Å². The van der Waals surface area contributed by atoms with Gasteiger partial charge in [-0.3, -0.25) is 9.93 Å². The molecule has 0 aliphatic carbocycles. The summed E-state index contributed by atoms with van der Waals surface area (Å²) in [6, 6.07) is 11.6. The lowest BCUT2D eigenvalue weighted by molar-refractivity contribution is 0.104. The molecule has 3 aromatic rings. The molecule has 0 aliphatic heterocycles. The van der Waals surface area contributed by atoms with Crippen molar-refractivity contribution in [3.63, 3.8) is 0 Å². The van der Waals surface area contributed by atoms with Gasteiger partial charge in [-0.05, 0) is 29.5 Å². The minimum atomic E-state index is -1.41. The van der Waals surface area contributed by atoms with Crippen LogP contribution in [0.5, 0.6) is 0 Å². The van der Waals surface area contributed by atoms with Crippen LogP contribution in [0.2, 0.25) is 4.34 Å². The van der Waals surface area contributed by atoms with Crippen molar-refractivity contribution < 1.29 is 13.4 Å². The Bertz CT molecular complexity index is 1030. The maximum atomic E-state index is 14.7. The molecule has 34 heavy (non-hydrogen) atoms. The smallest absolute Gasteiger partial charge is 0.208 e. The van der Waals surface area contributed by atoms with E-state index in [1.54, 1.807) is 6.07 Å². The molecule has 184 valence electrons. The lowest BCUT2D eigenvalue weighted by atomic mass is 10.0. The number of nitrogens with zero attached hydrogens (tertiary/aromatic N) is 2. The first-order valence-electron chi connectivity index (χ1n) is 10.4. The van der Waals surface area contributed by atoms with E-state index >= 15 is 0 Å². The van der Waals surface area contributed by atoms with E-state index in [-0.39, 0.29) is 29.5 Å². The van der Waals surface area contributed by atoms with Gasteiger partial charge in [-0.15, -0.1) is 22.9 Å². The van der Waals surface area contributed by atoms with Gasteiger partial charge in [-0.25, -0.2) is 14.4 Å². The highest BCUT2D eigenvalue weighted by Gasteiger charge is 2.22. The molecule has 3 rings (SSSR count). The molecule has 11 heteroatoms. The van der Waals surface area contributed by atoms with Crippen molar-refractivity contribution >= 4 is 58.4 Å². The van der Waals surface area contributed by atoms with Crippen LogP contribution in [-0.4, -0.2) is 35.0 Å². The summed E-state index contributed by atoms with van der Waals surface area (Å²) in [7, 11) is 0. The second-order valence-electron chi connectivity index (χ2n) is 7.19. The number of anilines is 1. The zero-order valence-corrected chi connectivity index (χ0v) is 22.0. The highest BCUT2D eigenvalue weighted by Crippen LogP contribution is 2.32. The number of hydrogen-bond acceptors (Lipinski definition) is 8. The van der Waals surface area contributed by atoms with E-state index in [2.05, 4.69) is 26.9 Å². The fraction of sp³-hybridized carbons (Fsp3) is 0.348. The van der Waals surface area contributed by atoms with Crippen molar-refractivity contribution in [1.29, 1.82) is 0 Å². The monoisotopic (exact) mass is 544 g/mol. The third-order valence-electron chi connectivity index (χ3n) is 4.96. The van der Waals surface area contributed by atoms with Crippen molar-refractivity contribution in [3.8, 4) is 0 Å². The van der Waals surface area contributed by atoms with Crippen LogP contribution in [0.25, 0.3) is 0 Å². The standard InChI is InChI=1S/C22H24ClFN4O2S2.CH3Cl/c1-2-14(12-30-32-25)9-19(24)28-22-17(11-26-13-27-22)20(29)18-10-16(21(23)31-18)8-15-6-4-3-5-7-15;1-2/h3-7,10-11,13-14,19H,2,8-9,12,25H2,1H3,(H,26,27,28);1H3. The van der Waals surface area contributed by atoms with E-state index in [4.69, 9.17) is 20.9 Å². The van der Waals surface area contributed by atoms with E-state index < -0.39 is 6.30 Å². The summed E-state index contributed by atoms with van der Waals surface area (Å²) in [6.45, 7) is 2.29. The van der Waals surface area contributed by atoms with Gasteiger partial charge in [0.05, 0.1) is 33.6 Å². The van der Waals surface area contributed by atoms with E-state index in [1.165, 1.54) is 30.2 Å². The SMILES string of the molecule is CCC(COSN)CC(F)Nc1ncncc1C(=O)c1cc(Cc2ccccc2)c(Cl)s1.CCl. The van der Waals surface area contributed by atoms with Gasteiger partial charge >= 0.3 is 0 Å². The maximum absolute atomic E-state index is 14.7. The number of alkyl halides is 2. The molecule has 0 amide bonds. The van der Waals surface area contributed by atoms with Crippen LogP contribution in [0.4, 0.5) is 10.2 Å². The third kappa shape index (κ3) is 8.48. The molecule has 0 radical (unpaired) electrons. The molecule has 2 atom stereocenters. The molecule has 2 unspecified atom stereocenters. The van der Waals surface area contributed by atoms with Crippen LogP contribution in [-0.2, 0) is 10.6 Å². The number of ketones is 1. The van der Waals surface area contributed by atoms with Crippen molar-refractivity contribution in [1.82, 2.24) is 9.97 Å². The summed E-state index contributed by atoms with van der Waals surface area (Å²) >= 11 is 13.0. The van der Waals surface area contributed by atoms with Crippen LogP contribution >= 0.6 is 46.8 Å². The summed E-state index contributed by atoms with van der Waals surface area (Å²) in [5.74, 6) is -0.178. The molecule has 0 saturated heterocycles. The molecule has 0 aliphatic rings. The number of nitrogens with one attached hydrogen (secondary N) is 1. The summed E-state index contributed by atoms with van der Waals surface area (Å²) in [5, 5.41) is 7.97. The van der Waals surface area contributed by atoms with Crippen molar-refractivity contribution in [2.75, 3.05) is 18.3 Å².